The third-order valence-electron chi connectivity index (χ3n) is 4.07. The maximum Gasteiger partial charge on any atom is 0.261 e. The summed E-state index contributed by atoms with van der Waals surface area (Å²) in [6, 6.07) is 16.6. The van der Waals surface area contributed by atoms with Gasteiger partial charge in [-0.25, -0.2) is 0 Å². The van der Waals surface area contributed by atoms with Crippen LogP contribution in [0, 0.1) is 0 Å². The molecule has 5 nitrogen and oxygen atoms in total. The molecule has 6 heteroatoms. The highest BCUT2D eigenvalue weighted by Crippen LogP contribution is 2.16. The fourth-order valence-corrected chi connectivity index (χ4v) is 2.80. The van der Waals surface area contributed by atoms with Gasteiger partial charge in [0.05, 0.1) is 0 Å². The number of hydrogen-bond donors (Lipinski definition) is 1. The molecule has 0 saturated heterocycles. The van der Waals surface area contributed by atoms with E-state index in [2.05, 4.69) is 21.2 Å². The molecule has 1 N–H and O–H groups in total. The first-order chi connectivity index (χ1) is 12.5. The van der Waals surface area contributed by atoms with Gasteiger partial charge in [0.1, 0.15) is 11.8 Å². The minimum Gasteiger partial charge on any atom is -0.484 e. The van der Waals surface area contributed by atoms with Crippen LogP contribution in [0.15, 0.2) is 59.1 Å². The molecule has 2 rings (SSSR count). The number of ether oxygens (including phenoxy) is 1. The fraction of sp³-hybridized carbons (Fsp3) is 0.300. The molecule has 2 aromatic carbocycles. The zero-order chi connectivity index (χ0) is 18.9. The second-order valence-electron chi connectivity index (χ2n) is 5.86. The number of nitrogens with one attached hydrogen (secondary N) is 1. The van der Waals surface area contributed by atoms with Crippen molar-refractivity contribution in [2.45, 2.75) is 19.4 Å². The first kappa shape index (κ1) is 20.0. The molecule has 0 unspecified atom stereocenters. The Morgan fingerprint density at radius 2 is 1.77 bits per heavy atom. The number of hydrogen-bond acceptors (Lipinski definition) is 3. The van der Waals surface area contributed by atoms with Crippen molar-refractivity contribution >= 4 is 27.7 Å². The van der Waals surface area contributed by atoms with Gasteiger partial charge in [-0.3, -0.25) is 9.59 Å². The molecule has 0 spiro atoms. The van der Waals surface area contributed by atoms with Gasteiger partial charge >= 0.3 is 0 Å². The highest BCUT2D eigenvalue weighted by Gasteiger charge is 2.25. The van der Waals surface area contributed by atoms with Crippen molar-refractivity contribution in [2.75, 3.05) is 20.2 Å². The molecule has 0 saturated carbocycles. The van der Waals surface area contributed by atoms with Gasteiger partial charge in [-0.05, 0) is 43.2 Å². The first-order valence-electron chi connectivity index (χ1n) is 8.44. The van der Waals surface area contributed by atoms with Gasteiger partial charge in [0.25, 0.3) is 5.91 Å². The predicted octanol–water partition coefficient (Wildman–Crippen LogP) is 3.03. The van der Waals surface area contributed by atoms with Crippen LogP contribution >= 0.6 is 15.9 Å². The van der Waals surface area contributed by atoms with Crippen LogP contribution in [0.4, 0.5) is 0 Å². The van der Waals surface area contributed by atoms with Crippen LogP contribution in [0.25, 0.3) is 0 Å². The Hall–Kier alpha value is -2.34. The largest absolute Gasteiger partial charge is 0.484 e. The Morgan fingerprint density at radius 1 is 1.12 bits per heavy atom. The molecule has 0 aliphatic rings. The van der Waals surface area contributed by atoms with Crippen LogP contribution in [-0.2, 0) is 16.0 Å². The zero-order valence-electron chi connectivity index (χ0n) is 14.9. The third kappa shape index (κ3) is 5.88. The van der Waals surface area contributed by atoms with Crippen molar-refractivity contribution in [3.05, 3.63) is 64.6 Å². The second-order valence-corrected chi connectivity index (χ2v) is 6.77. The lowest BCUT2D eigenvalue weighted by molar-refractivity contribution is -0.141. The summed E-state index contributed by atoms with van der Waals surface area (Å²) in [6.45, 7) is 2.06. The van der Waals surface area contributed by atoms with Crippen LogP contribution in [0.1, 0.15) is 12.5 Å². The van der Waals surface area contributed by atoms with Gasteiger partial charge in [0, 0.05) is 18.1 Å². The summed E-state index contributed by atoms with van der Waals surface area (Å²) < 4.78 is 6.51. The molecule has 2 amide bonds. The summed E-state index contributed by atoms with van der Waals surface area (Å²) in [6.07, 6.45) is 0.673. The second kappa shape index (κ2) is 9.97. The van der Waals surface area contributed by atoms with E-state index in [1.54, 1.807) is 31.0 Å². The monoisotopic (exact) mass is 418 g/mol. The Morgan fingerprint density at radius 3 is 2.38 bits per heavy atom. The number of carbonyl (C=O) groups excluding carboxylic acids is 2. The number of rotatable bonds is 8. The normalized spacial score (nSPS) is 11.5. The van der Waals surface area contributed by atoms with Crippen molar-refractivity contribution in [3.63, 3.8) is 0 Å². The standard InChI is InChI=1S/C20H23BrN2O3/c1-15(20(25)22-2)23(13-12-16-6-4-3-5-7-16)19(24)14-26-18-10-8-17(21)9-11-18/h3-11,15H,12-14H2,1-2H3,(H,22,25)/t15-/m1/s1. The van der Waals surface area contributed by atoms with Crippen molar-refractivity contribution in [3.8, 4) is 5.75 Å². The number of halogens is 1. The highest BCUT2D eigenvalue weighted by molar-refractivity contribution is 9.10. The Balaban J connectivity index is 2.02. The molecule has 138 valence electrons. The van der Waals surface area contributed by atoms with E-state index < -0.39 is 6.04 Å². The smallest absolute Gasteiger partial charge is 0.261 e. The summed E-state index contributed by atoms with van der Waals surface area (Å²) >= 11 is 3.36. The van der Waals surface area contributed by atoms with Crippen molar-refractivity contribution < 1.29 is 14.3 Å². The molecule has 0 bridgehead atoms. The van der Waals surface area contributed by atoms with Gasteiger partial charge in [-0.1, -0.05) is 46.3 Å². The molecular weight excluding hydrogens is 396 g/mol. The minimum absolute atomic E-state index is 0.113. The van der Waals surface area contributed by atoms with Gasteiger partial charge < -0.3 is 15.0 Å². The topological polar surface area (TPSA) is 58.6 Å². The Bertz CT molecular complexity index is 720. The van der Waals surface area contributed by atoms with Crippen LogP contribution in [0.3, 0.4) is 0 Å². The summed E-state index contributed by atoms with van der Waals surface area (Å²) in [5.74, 6) is 0.187. The van der Waals surface area contributed by atoms with Crippen LogP contribution < -0.4 is 10.1 Å². The number of benzene rings is 2. The van der Waals surface area contributed by atoms with E-state index in [0.29, 0.717) is 18.7 Å². The number of nitrogens with zero attached hydrogens (tertiary/aromatic N) is 1. The maximum atomic E-state index is 12.7. The van der Waals surface area contributed by atoms with E-state index in [0.717, 1.165) is 10.0 Å². The SMILES string of the molecule is CNC(=O)[C@@H](C)N(CCc1ccccc1)C(=O)COc1ccc(Br)cc1. The van der Waals surface area contributed by atoms with Gasteiger partial charge in [0.2, 0.25) is 5.91 Å². The number of carbonyl (C=O) groups is 2. The first-order valence-corrected chi connectivity index (χ1v) is 9.24. The molecule has 1 atom stereocenters. The van der Waals surface area contributed by atoms with E-state index in [9.17, 15) is 9.59 Å². The molecule has 0 aromatic heterocycles. The van der Waals surface area contributed by atoms with Crippen LogP contribution in [-0.4, -0.2) is 43.0 Å². The van der Waals surface area contributed by atoms with E-state index in [-0.39, 0.29) is 18.4 Å². The van der Waals surface area contributed by atoms with Gasteiger partial charge in [0.15, 0.2) is 6.61 Å². The lowest BCUT2D eigenvalue weighted by Gasteiger charge is -2.28. The minimum atomic E-state index is -0.565. The lowest BCUT2D eigenvalue weighted by Crippen LogP contribution is -2.49. The molecule has 26 heavy (non-hydrogen) atoms. The molecule has 2 aromatic rings. The average molecular weight is 419 g/mol. The predicted molar refractivity (Wildman–Crippen MR) is 105 cm³/mol. The summed E-state index contributed by atoms with van der Waals surface area (Å²) in [5, 5.41) is 2.60. The quantitative estimate of drug-likeness (QED) is 0.716. The third-order valence-corrected chi connectivity index (χ3v) is 4.60. The Labute approximate surface area is 162 Å². The average Bonchev–Trinajstić information content (AvgIpc) is 2.67. The Kier molecular flexibility index (Phi) is 7.66. The van der Waals surface area contributed by atoms with Gasteiger partial charge in [-0.2, -0.15) is 0 Å². The van der Waals surface area contributed by atoms with Crippen molar-refractivity contribution in [2.24, 2.45) is 0 Å². The lowest BCUT2D eigenvalue weighted by atomic mass is 10.1. The molecule has 0 heterocycles. The fourth-order valence-electron chi connectivity index (χ4n) is 2.54. The summed E-state index contributed by atoms with van der Waals surface area (Å²) in [7, 11) is 1.57. The van der Waals surface area contributed by atoms with Crippen LogP contribution in [0.5, 0.6) is 5.75 Å². The highest BCUT2D eigenvalue weighted by atomic mass is 79.9. The summed E-state index contributed by atoms with van der Waals surface area (Å²) in [4.78, 5) is 26.3. The molecule has 0 fully saturated rings. The van der Waals surface area contributed by atoms with Crippen molar-refractivity contribution in [1.29, 1.82) is 0 Å². The van der Waals surface area contributed by atoms with E-state index >= 15 is 0 Å². The maximum absolute atomic E-state index is 12.7. The molecule has 0 aliphatic heterocycles. The van der Waals surface area contributed by atoms with Crippen LogP contribution in [0.2, 0.25) is 0 Å². The van der Waals surface area contributed by atoms with Crippen molar-refractivity contribution in [1.82, 2.24) is 10.2 Å². The van der Waals surface area contributed by atoms with E-state index in [4.69, 9.17) is 4.74 Å². The summed E-state index contributed by atoms with van der Waals surface area (Å²) in [5.41, 5.74) is 1.11. The van der Waals surface area contributed by atoms with Gasteiger partial charge in [-0.15, -0.1) is 0 Å². The zero-order valence-corrected chi connectivity index (χ0v) is 16.5. The number of likely N-dealkylation sites (N-methyl/N-ethyl adjacent to an activating group) is 1. The molecule has 0 aliphatic carbocycles. The molecular formula is C20H23BrN2O3. The van der Waals surface area contributed by atoms with E-state index in [1.807, 2.05) is 42.5 Å². The van der Waals surface area contributed by atoms with E-state index in [1.165, 1.54) is 0 Å². The molecule has 0 radical (unpaired) electrons. The number of amides is 2.